The van der Waals surface area contributed by atoms with Gasteiger partial charge in [0.05, 0.1) is 10.6 Å². The molecule has 0 atom stereocenters. The summed E-state index contributed by atoms with van der Waals surface area (Å²) in [5, 5.41) is 14.4. The zero-order valence-electron chi connectivity index (χ0n) is 16.5. The first-order valence-electron chi connectivity index (χ1n) is 9.22. The number of oxazole rings is 1. The molecule has 4 aromatic rings. The number of amides is 1. The summed E-state index contributed by atoms with van der Waals surface area (Å²) in [7, 11) is 0. The fourth-order valence-electron chi connectivity index (χ4n) is 2.84. The number of aromatic carboxylic acids is 1. The van der Waals surface area contributed by atoms with E-state index in [0.29, 0.717) is 26.6 Å². The molecule has 0 spiro atoms. The van der Waals surface area contributed by atoms with Gasteiger partial charge in [-0.05, 0) is 36.2 Å². The molecule has 8 heteroatoms. The normalized spacial score (nSPS) is 10.4. The van der Waals surface area contributed by atoms with Gasteiger partial charge in [0.15, 0.2) is 5.58 Å². The molecule has 0 radical (unpaired) electrons. The number of para-hydroxylation sites is 1. The lowest BCUT2D eigenvalue weighted by Crippen LogP contribution is -2.14. The van der Waals surface area contributed by atoms with Crippen molar-refractivity contribution in [3.8, 4) is 10.4 Å². The molecule has 0 saturated carbocycles. The van der Waals surface area contributed by atoms with Crippen LogP contribution in [-0.2, 0) is 0 Å². The van der Waals surface area contributed by atoms with E-state index in [2.05, 4.69) is 10.3 Å². The average molecular weight is 443 g/mol. The van der Waals surface area contributed by atoms with Crippen LogP contribution in [0.5, 0.6) is 0 Å². The van der Waals surface area contributed by atoms with Gasteiger partial charge in [-0.25, -0.2) is 9.78 Å². The number of nitrogens with one attached hydrogen (secondary N) is 1. The third-order valence-corrected chi connectivity index (χ3v) is 5.46. The minimum Gasteiger partial charge on any atom is -0.478 e. The van der Waals surface area contributed by atoms with Crippen LogP contribution in [0.15, 0.2) is 52.3 Å². The predicted molar refractivity (Wildman–Crippen MR) is 120 cm³/mol. The molecular weight excluding hydrogens is 424 g/mol. The largest absolute Gasteiger partial charge is 0.478 e. The Morgan fingerprint density at radius 2 is 1.83 bits per heavy atom. The first kappa shape index (κ1) is 21.5. The lowest BCUT2D eigenvalue weighted by molar-refractivity contribution is 0.0699. The van der Waals surface area contributed by atoms with Crippen molar-refractivity contribution in [2.24, 2.45) is 0 Å². The zero-order chi connectivity index (χ0) is 21.8. The number of aryl methyl sites for hydroxylation is 1. The first-order valence-corrected chi connectivity index (χ1v) is 10.5. The number of rotatable bonds is 4. The molecule has 0 aliphatic heterocycles. The van der Waals surface area contributed by atoms with Crippen LogP contribution in [0.2, 0.25) is 5.02 Å². The maximum atomic E-state index is 12.6. The minimum atomic E-state index is -1.14. The van der Waals surface area contributed by atoms with E-state index < -0.39 is 11.9 Å². The summed E-state index contributed by atoms with van der Waals surface area (Å²) < 4.78 is 5.51. The highest BCUT2D eigenvalue weighted by Crippen LogP contribution is 2.36. The van der Waals surface area contributed by atoms with Gasteiger partial charge in [0.1, 0.15) is 11.1 Å². The number of carbonyl (C=O) groups excluding carboxylic acids is 1. The molecular formula is C22H19ClN2O4S. The molecule has 6 nitrogen and oxygen atoms in total. The third-order valence-electron chi connectivity index (χ3n) is 4.17. The Kier molecular flexibility index (Phi) is 6.54. The van der Waals surface area contributed by atoms with Gasteiger partial charge in [-0.1, -0.05) is 49.7 Å². The van der Waals surface area contributed by atoms with Crippen molar-refractivity contribution in [2.45, 2.75) is 20.8 Å². The highest BCUT2D eigenvalue weighted by Gasteiger charge is 2.23. The molecule has 0 aliphatic rings. The van der Waals surface area contributed by atoms with Gasteiger partial charge in [-0.15, -0.1) is 11.3 Å². The smallest absolute Gasteiger partial charge is 0.339 e. The quantitative estimate of drug-likeness (QED) is 0.376. The van der Waals surface area contributed by atoms with Gasteiger partial charge in [0, 0.05) is 10.4 Å². The van der Waals surface area contributed by atoms with E-state index >= 15 is 0 Å². The van der Waals surface area contributed by atoms with Crippen LogP contribution in [-0.4, -0.2) is 22.0 Å². The van der Waals surface area contributed by atoms with Crippen molar-refractivity contribution in [1.29, 1.82) is 0 Å². The maximum absolute atomic E-state index is 12.6. The van der Waals surface area contributed by atoms with E-state index in [1.807, 2.05) is 32.9 Å². The van der Waals surface area contributed by atoms with E-state index in [0.717, 1.165) is 5.56 Å². The van der Waals surface area contributed by atoms with Crippen molar-refractivity contribution in [2.75, 3.05) is 5.32 Å². The number of carboxylic acids is 1. The standard InChI is InChI=1S/C20H13ClN2O4S.C2H6/c1-10-3-2-4-14-16(10)23-19(27-14)18(24)22-13-9-28-17(15(13)20(25)26)11-5-7-12(21)8-6-11;1-2/h2-9H,1H3,(H,22,24)(H,25,26);1-2H3. The van der Waals surface area contributed by atoms with Crippen LogP contribution in [0.25, 0.3) is 21.5 Å². The van der Waals surface area contributed by atoms with Gasteiger partial charge in [0.2, 0.25) is 0 Å². The number of hydrogen-bond acceptors (Lipinski definition) is 5. The van der Waals surface area contributed by atoms with Crippen molar-refractivity contribution in [3.63, 3.8) is 0 Å². The number of thiophene rings is 1. The molecule has 2 heterocycles. The number of anilines is 1. The van der Waals surface area contributed by atoms with E-state index in [1.165, 1.54) is 11.3 Å². The molecule has 0 aliphatic carbocycles. The van der Waals surface area contributed by atoms with Crippen LogP contribution >= 0.6 is 22.9 Å². The Bertz CT molecular complexity index is 1210. The molecule has 30 heavy (non-hydrogen) atoms. The monoisotopic (exact) mass is 442 g/mol. The lowest BCUT2D eigenvalue weighted by Gasteiger charge is -2.04. The highest BCUT2D eigenvalue weighted by atomic mass is 35.5. The highest BCUT2D eigenvalue weighted by molar-refractivity contribution is 7.14. The number of carbonyl (C=O) groups is 2. The number of fused-ring (bicyclic) bond motifs is 1. The van der Waals surface area contributed by atoms with Gasteiger partial charge in [0.25, 0.3) is 5.89 Å². The molecule has 0 fully saturated rings. The molecule has 2 aromatic heterocycles. The number of nitrogens with zero attached hydrogens (tertiary/aromatic N) is 1. The number of carboxylic acid groups (broad SMARTS) is 1. The van der Waals surface area contributed by atoms with Gasteiger partial charge < -0.3 is 14.8 Å². The van der Waals surface area contributed by atoms with Gasteiger partial charge in [-0.2, -0.15) is 0 Å². The van der Waals surface area contributed by atoms with E-state index in [9.17, 15) is 14.7 Å². The van der Waals surface area contributed by atoms with E-state index in [1.54, 1.807) is 35.7 Å². The second-order valence-electron chi connectivity index (χ2n) is 6.06. The number of benzene rings is 2. The number of halogens is 1. The first-order chi connectivity index (χ1) is 14.4. The Morgan fingerprint density at radius 1 is 1.13 bits per heavy atom. The molecule has 0 saturated heterocycles. The summed E-state index contributed by atoms with van der Waals surface area (Å²) >= 11 is 7.12. The Morgan fingerprint density at radius 3 is 2.47 bits per heavy atom. The molecule has 2 N–H and O–H groups in total. The summed E-state index contributed by atoms with van der Waals surface area (Å²) in [6.07, 6.45) is 0. The van der Waals surface area contributed by atoms with E-state index in [4.69, 9.17) is 16.0 Å². The fourth-order valence-corrected chi connectivity index (χ4v) is 3.96. The molecule has 4 rings (SSSR count). The maximum Gasteiger partial charge on any atom is 0.339 e. The predicted octanol–water partition coefficient (Wildman–Crippen LogP) is 6.49. The van der Waals surface area contributed by atoms with Crippen molar-refractivity contribution >= 4 is 51.6 Å². The van der Waals surface area contributed by atoms with Crippen LogP contribution in [0.1, 0.15) is 40.5 Å². The molecule has 0 unspecified atom stereocenters. The summed E-state index contributed by atoms with van der Waals surface area (Å²) in [5.41, 5.74) is 2.87. The van der Waals surface area contributed by atoms with Crippen molar-refractivity contribution in [1.82, 2.24) is 4.98 Å². The summed E-state index contributed by atoms with van der Waals surface area (Å²) in [5.74, 6) is -1.88. The van der Waals surface area contributed by atoms with Crippen LogP contribution in [0, 0.1) is 6.92 Å². The average Bonchev–Trinajstić information content (AvgIpc) is 3.35. The molecule has 2 aromatic carbocycles. The lowest BCUT2D eigenvalue weighted by atomic mass is 10.1. The van der Waals surface area contributed by atoms with E-state index in [-0.39, 0.29) is 17.1 Å². The fraction of sp³-hybridized carbons (Fsp3) is 0.136. The summed E-state index contributed by atoms with van der Waals surface area (Å²) in [4.78, 5) is 29.2. The van der Waals surface area contributed by atoms with Gasteiger partial charge >= 0.3 is 11.9 Å². The van der Waals surface area contributed by atoms with Crippen LogP contribution in [0.3, 0.4) is 0 Å². The van der Waals surface area contributed by atoms with Crippen LogP contribution < -0.4 is 5.32 Å². The summed E-state index contributed by atoms with van der Waals surface area (Å²) in [6, 6.07) is 12.2. The topological polar surface area (TPSA) is 92.4 Å². The zero-order valence-corrected chi connectivity index (χ0v) is 18.1. The molecule has 1 amide bonds. The molecule has 0 bridgehead atoms. The van der Waals surface area contributed by atoms with Crippen molar-refractivity contribution < 1.29 is 19.1 Å². The Labute approximate surface area is 182 Å². The Balaban J connectivity index is 0.00000124. The second-order valence-corrected chi connectivity index (χ2v) is 7.38. The Hall–Kier alpha value is -3.16. The third kappa shape index (κ3) is 4.22. The SMILES string of the molecule is CC.Cc1cccc2oc(C(=O)Nc3csc(-c4ccc(Cl)cc4)c3C(=O)O)nc12. The van der Waals surface area contributed by atoms with Gasteiger partial charge in [-0.3, -0.25) is 4.79 Å². The van der Waals surface area contributed by atoms with Crippen molar-refractivity contribution in [3.05, 3.63) is 69.9 Å². The number of hydrogen-bond donors (Lipinski definition) is 2. The minimum absolute atomic E-state index is 0.00737. The number of aromatic nitrogens is 1. The summed E-state index contributed by atoms with van der Waals surface area (Å²) in [6.45, 7) is 5.87. The van der Waals surface area contributed by atoms with Crippen LogP contribution in [0.4, 0.5) is 5.69 Å². The second kappa shape index (κ2) is 9.11. The molecule has 154 valence electrons.